The van der Waals surface area contributed by atoms with E-state index in [9.17, 15) is 0 Å². The second-order valence-corrected chi connectivity index (χ2v) is 12.0. The summed E-state index contributed by atoms with van der Waals surface area (Å²) in [5, 5.41) is 8.93. The number of pyridine rings is 1. The zero-order chi connectivity index (χ0) is 30.9. The fraction of sp³-hybridized carbons (Fsp3) is 0. The molecule has 10 aromatic rings. The smallest absolute Gasteiger partial charge is 0.153 e. The second kappa shape index (κ2) is 10.1. The van der Waals surface area contributed by atoms with Gasteiger partial charge in [0.25, 0.3) is 0 Å². The molecule has 0 saturated carbocycles. The normalized spacial score (nSPS) is 11.8. The molecule has 10 rings (SSSR count). The van der Waals surface area contributed by atoms with Crippen LogP contribution in [0, 0.1) is 0 Å². The highest BCUT2D eigenvalue weighted by Crippen LogP contribution is 2.45. The molecular weight excluding hydrogens is 576 g/mol. The lowest BCUT2D eigenvalue weighted by atomic mass is 9.97. The molecule has 0 unspecified atom stereocenters. The number of para-hydroxylation sites is 1. The quantitative estimate of drug-likeness (QED) is 0.201. The largest absolute Gasteiger partial charge is 0.456 e. The maximum atomic E-state index is 6.45. The Bertz CT molecular complexity index is 2820. The van der Waals surface area contributed by atoms with E-state index in [0.717, 1.165) is 77.3 Å². The topological polar surface area (TPSA) is 42.4 Å². The molecule has 3 heterocycles. The van der Waals surface area contributed by atoms with Gasteiger partial charge in [-0.3, -0.25) is 4.98 Å². The van der Waals surface area contributed by atoms with Crippen LogP contribution in [0.4, 0.5) is 17.1 Å². The minimum absolute atomic E-state index is 0.787. The van der Waals surface area contributed by atoms with Gasteiger partial charge in [0.05, 0.1) is 17.3 Å². The first-order valence-corrected chi connectivity index (χ1v) is 15.8. The van der Waals surface area contributed by atoms with Crippen LogP contribution in [0.15, 0.2) is 167 Å². The molecule has 0 bridgehead atoms. The number of fused-ring (bicyclic) bond motifs is 9. The van der Waals surface area contributed by atoms with Gasteiger partial charge < -0.3 is 13.7 Å². The van der Waals surface area contributed by atoms with E-state index in [2.05, 4.69) is 137 Å². The highest BCUT2D eigenvalue weighted by atomic mass is 16.3. The SMILES string of the molecule is c1cc(-c2cccc3ccccc23)cc(N(c2ccc3ccc4c5ccncc5oc4c3c2)c2cccc3oc4ccccc4c23)c1. The molecule has 0 atom stereocenters. The summed E-state index contributed by atoms with van der Waals surface area (Å²) in [6.07, 6.45) is 3.61. The molecule has 4 heteroatoms. The first-order valence-electron chi connectivity index (χ1n) is 15.8. The predicted octanol–water partition coefficient (Wildman–Crippen LogP) is 12.3. The molecule has 7 aromatic carbocycles. The molecule has 220 valence electrons. The molecule has 0 fully saturated rings. The van der Waals surface area contributed by atoms with Crippen LogP contribution in [0.25, 0.3) is 76.5 Å². The van der Waals surface area contributed by atoms with E-state index in [-0.39, 0.29) is 0 Å². The maximum absolute atomic E-state index is 6.45. The third-order valence-electron chi connectivity index (χ3n) is 9.33. The monoisotopic (exact) mass is 602 g/mol. The summed E-state index contributed by atoms with van der Waals surface area (Å²) in [4.78, 5) is 6.65. The molecule has 0 radical (unpaired) electrons. The van der Waals surface area contributed by atoms with Crippen molar-refractivity contribution in [3.8, 4) is 11.1 Å². The fourth-order valence-corrected chi connectivity index (χ4v) is 7.19. The Balaban J connectivity index is 1.26. The van der Waals surface area contributed by atoms with Crippen LogP contribution in [0.3, 0.4) is 0 Å². The zero-order valence-corrected chi connectivity index (χ0v) is 25.2. The molecule has 47 heavy (non-hydrogen) atoms. The van der Waals surface area contributed by atoms with Crippen molar-refractivity contribution in [2.75, 3.05) is 4.90 Å². The number of rotatable bonds is 4. The molecule has 0 spiro atoms. The van der Waals surface area contributed by atoms with Gasteiger partial charge in [0.1, 0.15) is 16.7 Å². The number of nitrogens with zero attached hydrogens (tertiary/aromatic N) is 2. The maximum Gasteiger partial charge on any atom is 0.153 e. The summed E-state index contributed by atoms with van der Waals surface area (Å²) in [6, 6.07) is 51.5. The van der Waals surface area contributed by atoms with Gasteiger partial charge in [-0.05, 0) is 81.9 Å². The lowest BCUT2D eigenvalue weighted by Gasteiger charge is -2.27. The number of anilines is 3. The van der Waals surface area contributed by atoms with E-state index in [1.54, 1.807) is 6.20 Å². The summed E-state index contributed by atoms with van der Waals surface area (Å²) in [5.41, 5.74) is 8.85. The van der Waals surface area contributed by atoms with Crippen molar-refractivity contribution in [3.63, 3.8) is 0 Å². The number of hydrogen-bond acceptors (Lipinski definition) is 4. The first-order chi connectivity index (χ1) is 23.3. The summed E-state index contributed by atoms with van der Waals surface area (Å²) >= 11 is 0. The number of hydrogen-bond donors (Lipinski definition) is 0. The van der Waals surface area contributed by atoms with Crippen molar-refractivity contribution >= 4 is 82.5 Å². The third kappa shape index (κ3) is 3.98. The molecule has 0 aliphatic heterocycles. The van der Waals surface area contributed by atoms with Crippen LogP contribution >= 0.6 is 0 Å². The number of benzene rings is 7. The molecule has 0 amide bonds. The zero-order valence-electron chi connectivity index (χ0n) is 25.2. The minimum atomic E-state index is 0.787. The van der Waals surface area contributed by atoms with Gasteiger partial charge in [-0.2, -0.15) is 0 Å². The van der Waals surface area contributed by atoms with Crippen LogP contribution in [-0.4, -0.2) is 4.98 Å². The van der Waals surface area contributed by atoms with Crippen molar-refractivity contribution < 1.29 is 8.83 Å². The van der Waals surface area contributed by atoms with Crippen molar-refractivity contribution in [3.05, 3.63) is 158 Å². The Kier molecular flexibility index (Phi) is 5.54. The summed E-state index contributed by atoms with van der Waals surface area (Å²) in [5.74, 6) is 0. The van der Waals surface area contributed by atoms with E-state index in [0.29, 0.717) is 0 Å². The lowest BCUT2D eigenvalue weighted by Crippen LogP contribution is -2.10. The standard InChI is InChI=1S/C43H26N2O2/c1-2-12-32-27(8-1)9-6-14-33(32)29-10-5-11-30(24-29)45(38-15-7-17-40-42(38)36-13-3-4-16-39(36)46-40)31-20-18-28-19-21-35-34-22-23-44-26-41(34)47-43(35)37(28)25-31/h1-26H. The molecular formula is C43H26N2O2. The Morgan fingerprint density at radius 3 is 2.21 bits per heavy atom. The molecule has 3 aromatic heterocycles. The Labute approximate surface area is 269 Å². The molecule has 0 N–H and O–H groups in total. The van der Waals surface area contributed by atoms with E-state index < -0.39 is 0 Å². The second-order valence-electron chi connectivity index (χ2n) is 12.0. The van der Waals surface area contributed by atoms with Crippen molar-refractivity contribution in [2.45, 2.75) is 0 Å². The summed E-state index contributed by atoms with van der Waals surface area (Å²) in [6.45, 7) is 0. The highest BCUT2D eigenvalue weighted by Gasteiger charge is 2.21. The average molecular weight is 603 g/mol. The van der Waals surface area contributed by atoms with Gasteiger partial charge in [-0.15, -0.1) is 0 Å². The van der Waals surface area contributed by atoms with Gasteiger partial charge in [0.2, 0.25) is 0 Å². The van der Waals surface area contributed by atoms with Crippen LogP contribution in [0.1, 0.15) is 0 Å². The molecule has 0 saturated heterocycles. The Hall–Kier alpha value is -6.39. The average Bonchev–Trinajstić information content (AvgIpc) is 3.71. The third-order valence-corrected chi connectivity index (χ3v) is 9.33. The number of furan rings is 2. The summed E-state index contributed by atoms with van der Waals surface area (Å²) < 4.78 is 12.8. The first kappa shape index (κ1) is 25.9. The van der Waals surface area contributed by atoms with Gasteiger partial charge in [-0.1, -0.05) is 91.0 Å². The van der Waals surface area contributed by atoms with Gasteiger partial charge in [0.15, 0.2) is 5.58 Å². The van der Waals surface area contributed by atoms with Gasteiger partial charge >= 0.3 is 0 Å². The number of aromatic nitrogens is 1. The van der Waals surface area contributed by atoms with E-state index in [1.165, 1.54) is 16.3 Å². The highest BCUT2D eigenvalue weighted by molar-refractivity contribution is 6.17. The lowest BCUT2D eigenvalue weighted by molar-refractivity contribution is 0.669. The van der Waals surface area contributed by atoms with E-state index >= 15 is 0 Å². The van der Waals surface area contributed by atoms with Crippen molar-refractivity contribution in [2.24, 2.45) is 0 Å². The molecule has 0 aliphatic rings. The minimum Gasteiger partial charge on any atom is -0.456 e. The fourth-order valence-electron chi connectivity index (χ4n) is 7.19. The molecule has 4 nitrogen and oxygen atoms in total. The van der Waals surface area contributed by atoms with Crippen LogP contribution in [-0.2, 0) is 0 Å². The van der Waals surface area contributed by atoms with Gasteiger partial charge in [-0.25, -0.2) is 0 Å². The summed E-state index contributed by atoms with van der Waals surface area (Å²) in [7, 11) is 0. The Morgan fingerprint density at radius 2 is 1.23 bits per heavy atom. The van der Waals surface area contributed by atoms with Crippen molar-refractivity contribution in [1.82, 2.24) is 4.98 Å². The van der Waals surface area contributed by atoms with E-state index in [1.807, 2.05) is 24.4 Å². The van der Waals surface area contributed by atoms with Crippen LogP contribution < -0.4 is 4.90 Å². The van der Waals surface area contributed by atoms with Crippen LogP contribution in [0.5, 0.6) is 0 Å². The van der Waals surface area contributed by atoms with Gasteiger partial charge in [0, 0.05) is 39.1 Å². The predicted molar refractivity (Wildman–Crippen MR) is 194 cm³/mol. The van der Waals surface area contributed by atoms with E-state index in [4.69, 9.17) is 8.83 Å². The molecule has 0 aliphatic carbocycles. The Morgan fingerprint density at radius 1 is 0.468 bits per heavy atom. The van der Waals surface area contributed by atoms with Crippen molar-refractivity contribution in [1.29, 1.82) is 0 Å². The van der Waals surface area contributed by atoms with Crippen LogP contribution in [0.2, 0.25) is 0 Å².